The van der Waals surface area contributed by atoms with E-state index in [4.69, 9.17) is 14.6 Å². The van der Waals surface area contributed by atoms with Crippen LogP contribution in [0.2, 0.25) is 0 Å². The molecule has 0 radical (unpaired) electrons. The third-order valence-electron chi connectivity index (χ3n) is 4.66. The second-order valence-electron chi connectivity index (χ2n) is 6.81. The summed E-state index contributed by atoms with van der Waals surface area (Å²) in [5.74, 6) is -1.24. The lowest BCUT2D eigenvalue weighted by Crippen LogP contribution is -2.23. The van der Waals surface area contributed by atoms with Gasteiger partial charge in [-0.25, -0.2) is 14.6 Å². The Morgan fingerprint density at radius 1 is 0.938 bits per heavy atom. The predicted molar refractivity (Wildman–Crippen MR) is 120 cm³/mol. The standard InChI is InChI=1S/C23H16N2O6S/c1-25-20(26)19(32-23(25)24-16-8-6-15(7-9-16)22(29)30)12-17-10-11-18(31-17)13-2-4-14(5-3-13)21(27)28/h2-12H,1H3,(H,27,28)(H,29,30)/b19-12-,24-23?. The van der Waals surface area contributed by atoms with Gasteiger partial charge in [0.05, 0.1) is 21.7 Å². The number of benzene rings is 2. The molecule has 2 N–H and O–H groups in total. The maximum absolute atomic E-state index is 12.6. The summed E-state index contributed by atoms with van der Waals surface area (Å²) < 4.78 is 5.80. The molecule has 32 heavy (non-hydrogen) atoms. The minimum Gasteiger partial charge on any atom is -0.478 e. The Kier molecular flexibility index (Phi) is 5.65. The van der Waals surface area contributed by atoms with Crippen molar-refractivity contribution in [1.29, 1.82) is 0 Å². The molecule has 9 heteroatoms. The predicted octanol–water partition coefficient (Wildman–Crippen LogP) is 4.58. The normalized spacial score (nSPS) is 16.2. The Labute approximate surface area is 186 Å². The van der Waals surface area contributed by atoms with Gasteiger partial charge in [0.15, 0.2) is 5.17 Å². The van der Waals surface area contributed by atoms with E-state index in [9.17, 15) is 14.4 Å². The molecular weight excluding hydrogens is 432 g/mol. The number of aliphatic imine (C=N–C) groups is 1. The number of furan rings is 1. The van der Waals surface area contributed by atoms with Gasteiger partial charge in [-0.05, 0) is 60.3 Å². The van der Waals surface area contributed by atoms with Crippen molar-refractivity contribution in [2.45, 2.75) is 0 Å². The first-order valence-corrected chi connectivity index (χ1v) is 10.2. The molecule has 0 unspecified atom stereocenters. The first kappa shape index (κ1) is 21.1. The number of carbonyl (C=O) groups excluding carboxylic acids is 1. The molecule has 8 nitrogen and oxygen atoms in total. The van der Waals surface area contributed by atoms with Gasteiger partial charge in [0.25, 0.3) is 5.91 Å². The summed E-state index contributed by atoms with van der Waals surface area (Å²) in [6.07, 6.45) is 1.62. The van der Waals surface area contributed by atoms with Gasteiger partial charge in [0.2, 0.25) is 0 Å². The summed E-state index contributed by atoms with van der Waals surface area (Å²) in [4.78, 5) is 40.8. The Morgan fingerprint density at radius 2 is 1.53 bits per heavy atom. The summed E-state index contributed by atoms with van der Waals surface area (Å²) in [7, 11) is 1.61. The van der Waals surface area contributed by atoms with E-state index in [1.165, 1.54) is 40.9 Å². The van der Waals surface area contributed by atoms with E-state index in [1.54, 1.807) is 49.5 Å². The quantitative estimate of drug-likeness (QED) is 0.548. The summed E-state index contributed by atoms with van der Waals surface area (Å²) >= 11 is 1.18. The Bertz CT molecular complexity index is 1270. The van der Waals surface area contributed by atoms with Crippen molar-refractivity contribution >= 4 is 46.5 Å². The summed E-state index contributed by atoms with van der Waals surface area (Å²) in [6.45, 7) is 0. The smallest absolute Gasteiger partial charge is 0.335 e. The van der Waals surface area contributed by atoms with Crippen LogP contribution in [0, 0.1) is 0 Å². The van der Waals surface area contributed by atoms with E-state index in [-0.39, 0.29) is 17.0 Å². The lowest BCUT2D eigenvalue weighted by atomic mass is 10.1. The maximum atomic E-state index is 12.6. The Morgan fingerprint density at radius 3 is 2.12 bits per heavy atom. The van der Waals surface area contributed by atoms with Crippen molar-refractivity contribution < 1.29 is 29.0 Å². The molecule has 0 saturated carbocycles. The molecule has 160 valence electrons. The van der Waals surface area contributed by atoms with Crippen LogP contribution in [0.5, 0.6) is 0 Å². The summed E-state index contributed by atoms with van der Waals surface area (Å²) in [6, 6.07) is 15.8. The van der Waals surface area contributed by atoms with Gasteiger partial charge in [-0.2, -0.15) is 0 Å². The molecule has 0 spiro atoms. The minimum atomic E-state index is -1.02. The van der Waals surface area contributed by atoms with E-state index in [0.717, 1.165) is 0 Å². The number of rotatable bonds is 5. The van der Waals surface area contributed by atoms with Crippen molar-refractivity contribution in [2.75, 3.05) is 7.05 Å². The molecule has 3 aromatic rings. The number of amidine groups is 1. The molecule has 1 aliphatic heterocycles. The zero-order valence-corrected chi connectivity index (χ0v) is 17.5. The number of nitrogens with zero attached hydrogens (tertiary/aromatic N) is 2. The van der Waals surface area contributed by atoms with Crippen molar-refractivity contribution in [3.05, 3.63) is 82.5 Å². The molecule has 2 aromatic carbocycles. The molecule has 2 heterocycles. The number of hydrogen-bond acceptors (Lipinski definition) is 6. The number of carbonyl (C=O) groups is 3. The highest BCUT2D eigenvalue weighted by molar-refractivity contribution is 8.18. The Hall–Kier alpha value is -4.11. The maximum Gasteiger partial charge on any atom is 0.335 e. The van der Waals surface area contributed by atoms with E-state index < -0.39 is 11.9 Å². The van der Waals surface area contributed by atoms with Crippen LogP contribution in [-0.2, 0) is 4.79 Å². The topological polar surface area (TPSA) is 120 Å². The average molecular weight is 448 g/mol. The SMILES string of the molecule is CN1C(=O)/C(=C/c2ccc(-c3ccc(C(=O)O)cc3)o2)SC1=Nc1ccc(C(=O)O)cc1. The number of carboxylic acids is 2. The number of thioether (sulfide) groups is 1. The van der Waals surface area contributed by atoms with Crippen LogP contribution in [0.15, 0.2) is 75.0 Å². The second kappa shape index (κ2) is 8.56. The van der Waals surface area contributed by atoms with Gasteiger partial charge in [0.1, 0.15) is 11.5 Å². The monoisotopic (exact) mass is 448 g/mol. The van der Waals surface area contributed by atoms with E-state index in [0.29, 0.717) is 32.8 Å². The van der Waals surface area contributed by atoms with Crippen molar-refractivity contribution in [2.24, 2.45) is 4.99 Å². The fourth-order valence-corrected chi connectivity index (χ4v) is 3.90. The second-order valence-corrected chi connectivity index (χ2v) is 7.81. The molecule has 4 rings (SSSR count). The van der Waals surface area contributed by atoms with Crippen LogP contribution in [0.4, 0.5) is 5.69 Å². The van der Waals surface area contributed by atoms with Gasteiger partial charge in [-0.1, -0.05) is 12.1 Å². The van der Waals surface area contributed by atoms with Crippen LogP contribution in [0.25, 0.3) is 17.4 Å². The molecule has 0 bridgehead atoms. The molecule has 1 aliphatic rings. The van der Waals surface area contributed by atoms with Crippen molar-refractivity contribution in [3.63, 3.8) is 0 Å². The molecule has 0 aliphatic carbocycles. The van der Waals surface area contributed by atoms with E-state index >= 15 is 0 Å². The van der Waals surface area contributed by atoms with Gasteiger partial charge >= 0.3 is 11.9 Å². The van der Waals surface area contributed by atoms with Crippen molar-refractivity contribution in [3.8, 4) is 11.3 Å². The van der Waals surface area contributed by atoms with Gasteiger partial charge in [-0.3, -0.25) is 9.69 Å². The highest BCUT2D eigenvalue weighted by atomic mass is 32.2. The largest absolute Gasteiger partial charge is 0.478 e. The molecule has 1 fully saturated rings. The molecule has 1 amide bonds. The summed E-state index contributed by atoms with van der Waals surface area (Å²) in [5.41, 5.74) is 1.59. The molecular formula is C23H16N2O6S. The molecule has 1 saturated heterocycles. The van der Waals surface area contributed by atoms with Gasteiger partial charge in [0, 0.05) is 18.7 Å². The van der Waals surface area contributed by atoms with Gasteiger partial charge in [-0.15, -0.1) is 0 Å². The number of hydrogen-bond donors (Lipinski definition) is 2. The number of carboxylic acid groups (broad SMARTS) is 2. The van der Waals surface area contributed by atoms with Crippen LogP contribution < -0.4 is 0 Å². The van der Waals surface area contributed by atoms with E-state index in [2.05, 4.69) is 4.99 Å². The zero-order chi connectivity index (χ0) is 22.8. The number of likely N-dealkylation sites (N-methyl/N-ethyl adjacent to an activating group) is 1. The lowest BCUT2D eigenvalue weighted by Gasteiger charge is -2.07. The van der Waals surface area contributed by atoms with Crippen LogP contribution in [-0.4, -0.2) is 45.2 Å². The fourth-order valence-electron chi connectivity index (χ4n) is 2.93. The molecule has 0 atom stereocenters. The van der Waals surface area contributed by atoms with Crippen LogP contribution >= 0.6 is 11.8 Å². The fraction of sp³-hybridized carbons (Fsp3) is 0.0435. The van der Waals surface area contributed by atoms with Crippen LogP contribution in [0.1, 0.15) is 26.5 Å². The van der Waals surface area contributed by atoms with E-state index in [1.807, 2.05) is 0 Å². The summed E-state index contributed by atoms with van der Waals surface area (Å²) in [5, 5.41) is 18.4. The first-order valence-electron chi connectivity index (χ1n) is 9.35. The molecule has 1 aromatic heterocycles. The number of aromatic carboxylic acids is 2. The van der Waals surface area contributed by atoms with Crippen molar-refractivity contribution in [1.82, 2.24) is 4.90 Å². The first-order chi connectivity index (χ1) is 15.3. The highest BCUT2D eigenvalue weighted by Crippen LogP contribution is 2.34. The lowest BCUT2D eigenvalue weighted by molar-refractivity contribution is -0.121. The Balaban J connectivity index is 1.54. The third kappa shape index (κ3) is 4.33. The third-order valence-corrected chi connectivity index (χ3v) is 5.72. The average Bonchev–Trinajstić information content (AvgIpc) is 3.35. The minimum absolute atomic E-state index is 0.157. The number of amides is 1. The highest BCUT2D eigenvalue weighted by Gasteiger charge is 2.30. The van der Waals surface area contributed by atoms with Crippen LogP contribution in [0.3, 0.4) is 0 Å². The zero-order valence-electron chi connectivity index (χ0n) is 16.7. The van der Waals surface area contributed by atoms with Gasteiger partial charge < -0.3 is 14.6 Å².